The smallest absolute Gasteiger partial charge is 0.490 e. The zero-order valence-corrected chi connectivity index (χ0v) is 19.1. The molecule has 0 unspecified atom stereocenters. The highest BCUT2D eigenvalue weighted by Gasteiger charge is 2.31. The third kappa shape index (κ3) is 4.93. The van der Waals surface area contributed by atoms with Gasteiger partial charge >= 0.3 is 6.36 Å². The van der Waals surface area contributed by atoms with E-state index in [0.29, 0.717) is 37.4 Å². The van der Waals surface area contributed by atoms with Gasteiger partial charge < -0.3 is 18.9 Å². The monoisotopic (exact) mass is 521 g/mol. The first-order valence-corrected chi connectivity index (χ1v) is 11.0. The first-order valence-electron chi connectivity index (χ1n) is 10.2. The van der Waals surface area contributed by atoms with Gasteiger partial charge in [-0.15, -0.1) is 13.2 Å². The van der Waals surface area contributed by atoms with Gasteiger partial charge in [0.1, 0.15) is 29.2 Å². The molecule has 6 nitrogen and oxygen atoms in total. The quantitative estimate of drug-likeness (QED) is 0.476. The molecule has 0 spiro atoms. The Hall–Kier alpha value is -3.19. The lowest BCUT2D eigenvalue weighted by atomic mass is 10.0. The topological polar surface area (TPSA) is 67.5 Å². The van der Waals surface area contributed by atoms with Crippen molar-refractivity contribution >= 4 is 32.5 Å². The van der Waals surface area contributed by atoms with E-state index in [1.807, 2.05) is 23.1 Å². The number of aryl methyl sites for hydroxylation is 1. The number of pyridine rings is 1. The lowest BCUT2D eigenvalue weighted by Gasteiger charge is -2.35. The van der Waals surface area contributed by atoms with Crippen molar-refractivity contribution in [2.75, 3.05) is 18.0 Å². The van der Waals surface area contributed by atoms with E-state index in [-0.39, 0.29) is 23.0 Å². The van der Waals surface area contributed by atoms with Crippen LogP contribution in [0.4, 0.5) is 18.9 Å². The molecule has 1 fully saturated rings. The Morgan fingerprint density at radius 2 is 1.73 bits per heavy atom. The van der Waals surface area contributed by atoms with Gasteiger partial charge in [0.25, 0.3) is 5.56 Å². The average molecular weight is 522 g/mol. The first kappa shape index (κ1) is 23.0. The minimum absolute atomic E-state index is 0.0997. The summed E-state index contributed by atoms with van der Waals surface area (Å²) in [6, 6.07) is 13.0. The van der Waals surface area contributed by atoms with Gasteiger partial charge in [-0.05, 0) is 42.5 Å². The van der Waals surface area contributed by atoms with Gasteiger partial charge in [-0.1, -0.05) is 15.9 Å². The van der Waals surface area contributed by atoms with Gasteiger partial charge in [-0.3, -0.25) is 4.79 Å². The molecule has 1 saturated heterocycles. The van der Waals surface area contributed by atoms with Crippen molar-refractivity contribution in [3.05, 3.63) is 62.9 Å². The van der Waals surface area contributed by atoms with Gasteiger partial charge in [-0.2, -0.15) is 5.26 Å². The summed E-state index contributed by atoms with van der Waals surface area (Å²) in [5.74, 6) is 0.140. The lowest BCUT2D eigenvalue weighted by molar-refractivity contribution is -0.274. The number of aromatic nitrogens is 1. The number of nitriles is 1. The number of piperidine rings is 1. The van der Waals surface area contributed by atoms with Crippen LogP contribution in [0, 0.1) is 11.3 Å². The van der Waals surface area contributed by atoms with Crippen molar-refractivity contribution in [1.82, 2.24) is 4.57 Å². The Bertz CT molecular complexity index is 1280. The van der Waals surface area contributed by atoms with Gasteiger partial charge in [0.15, 0.2) is 0 Å². The second-order valence-corrected chi connectivity index (χ2v) is 8.60. The molecule has 0 N–H and O–H groups in total. The third-order valence-electron chi connectivity index (χ3n) is 5.56. The summed E-state index contributed by atoms with van der Waals surface area (Å²) in [7, 11) is 1.65. The maximum absolute atomic E-state index is 12.8. The molecule has 0 radical (unpaired) electrons. The van der Waals surface area contributed by atoms with Crippen LogP contribution >= 0.6 is 15.9 Å². The zero-order chi connectivity index (χ0) is 23.8. The van der Waals surface area contributed by atoms with E-state index < -0.39 is 6.36 Å². The van der Waals surface area contributed by atoms with Gasteiger partial charge in [0, 0.05) is 42.8 Å². The SMILES string of the molecule is Cn1c(=O)c(C#N)c(N2CCC(Oc3ccc(OC(F)(F)F)cc3)CC2)c2cc(Br)ccc21. The maximum Gasteiger partial charge on any atom is 0.573 e. The maximum atomic E-state index is 12.8. The second-order valence-electron chi connectivity index (χ2n) is 7.68. The van der Waals surface area contributed by atoms with E-state index in [1.54, 1.807) is 7.05 Å². The Balaban J connectivity index is 1.52. The van der Waals surface area contributed by atoms with E-state index >= 15 is 0 Å². The minimum Gasteiger partial charge on any atom is -0.490 e. The molecule has 1 aromatic heterocycles. The average Bonchev–Trinajstić information content (AvgIpc) is 2.77. The molecular weight excluding hydrogens is 503 g/mol. The predicted molar refractivity (Wildman–Crippen MR) is 121 cm³/mol. The molecule has 0 amide bonds. The van der Waals surface area contributed by atoms with Crippen molar-refractivity contribution in [3.8, 4) is 17.6 Å². The number of benzene rings is 2. The standard InChI is InChI=1S/C23H19BrF3N3O3/c1-29-20-7-2-14(24)12-18(20)21(19(13-28)22(29)31)30-10-8-16(9-11-30)32-15-3-5-17(6-4-15)33-23(25,26)27/h2-7,12,16H,8-11H2,1H3. The van der Waals surface area contributed by atoms with E-state index in [1.165, 1.54) is 28.8 Å². The van der Waals surface area contributed by atoms with E-state index in [2.05, 4.69) is 26.7 Å². The highest BCUT2D eigenvalue weighted by molar-refractivity contribution is 9.10. The Kier molecular flexibility index (Phi) is 6.26. The number of hydrogen-bond acceptors (Lipinski definition) is 5. The van der Waals surface area contributed by atoms with Crippen LogP contribution in [0.2, 0.25) is 0 Å². The molecule has 0 bridgehead atoms. The summed E-state index contributed by atoms with van der Waals surface area (Å²) in [5.41, 5.74) is 1.10. The molecule has 2 aromatic carbocycles. The molecule has 2 heterocycles. The highest BCUT2D eigenvalue weighted by Crippen LogP contribution is 2.33. The number of anilines is 1. The normalized spacial score (nSPS) is 14.8. The summed E-state index contributed by atoms with van der Waals surface area (Å²) in [6.07, 6.45) is -3.65. The third-order valence-corrected chi connectivity index (χ3v) is 6.05. The van der Waals surface area contributed by atoms with E-state index in [4.69, 9.17) is 4.74 Å². The van der Waals surface area contributed by atoms with Crippen LogP contribution in [0.5, 0.6) is 11.5 Å². The molecule has 4 rings (SSSR count). The molecule has 33 heavy (non-hydrogen) atoms. The van der Waals surface area contributed by atoms with Crippen LogP contribution in [0.3, 0.4) is 0 Å². The van der Waals surface area contributed by atoms with Gasteiger partial charge in [0.05, 0.1) is 11.2 Å². The number of ether oxygens (including phenoxy) is 2. The lowest BCUT2D eigenvalue weighted by Crippen LogP contribution is -2.40. The Morgan fingerprint density at radius 1 is 1.09 bits per heavy atom. The van der Waals surface area contributed by atoms with Crippen molar-refractivity contribution in [3.63, 3.8) is 0 Å². The largest absolute Gasteiger partial charge is 0.573 e. The molecular formula is C23H19BrF3N3O3. The number of hydrogen-bond donors (Lipinski definition) is 0. The van der Waals surface area contributed by atoms with Crippen molar-refractivity contribution in [1.29, 1.82) is 5.26 Å². The summed E-state index contributed by atoms with van der Waals surface area (Å²) in [4.78, 5) is 14.8. The molecule has 10 heteroatoms. The summed E-state index contributed by atoms with van der Waals surface area (Å²) in [6.45, 7) is 1.12. The van der Waals surface area contributed by atoms with Crippen LogP contribution in [0.1, 0.15) is 18.4 Å². The fourth-order valence-electron chi connectivity index (χ4n) is 4.04. The number of alkyl halides is 3. The number of fused-ring (bicyclic) bond motifs is 1. The molecule has 172 valence electrons. The zero-order valence-electron chi connectivity index (χ0n) is 17.5. The van der Waals surface area contributed by atoms with E-state index in [0.717, 1.165) is 15.4 Å². The highest BCUT2D eigenvalue weighted by atomic mass is 79.9. The molecule has 0 saturated carbocycles. The van der Waals surface area contributed by atoms with Gasteiger partial charge in [0.2, 0.25) is 0 Å². The summed E-state index contributed by atoms with van der Waals surface area (Å²) < 4.78 is 49.1. The molecule has 1 aliphatic rings. The van der Waals surface area contributed by atoms with Gasteiger partial charge in [-0.25, -0.2) is 0 Å². The molecule has 1 aliphatic heterocycles. The predicted octanol–water partition coefficient (Wildman–Crippen LogP) is 5.12. The second kappa shape index (κ2) is 8.98. The molecule has 0 atom stereocenters. The van der Waals surface area contributed by atoms with Crippen LogP contribution in [-0.4, -0.2) is 30.1 Å². The van der Waals surface area contributed by atoms with Crippen molar-refractivity contribution < 1.29 is 22.6 Å². The molecule has 3 aromatic rings. The van der Waals surface area contributed by atoms with E-state index in [9.17, 15) is 23.2 Å². The number of rotatable bonds is 4. The van der Waals surface area contributed by atoms with Crippen LogP contribution in [0.15, 0.2) is 51.7 Å². The fraction of sp³-hybridized carbons (Fsp3) is 0.304. The Labute approximate surface area is 195 Å². The first-order chi connectivity index (χ1) is 15.7. The van der Waals surface area contributed by atoms with Crippen LogP contribution < -0.4 is 19.9 Å². The summed E-state index contributed by atoms with van der Waals surface area (Å²) >= 11 is 3.47. The molecule has 0 aliphatic carbocycles. The number of halogens is 4. The number of nitrogens with zero attached hydrogens (tertiary/aromatic N) is 3. The summed E-state index contributed by atoms with van der Waals surface area (Å²) in [5, 5.41) is 10.5. The van der Waals surface area contributed by atoms with Crippen molar-refractivity contribution in [2.45, 2.75) is 25.3 Å². The van der Waals surface area contributed by atoms with Crippen LogP contribution in [0.25, 0.3) is 10.9 Å². The fourth-order valence-corrected chi connectivity index (χ4v) is 4.40. The Morgan fingerprint density at radius 3 is 2.33 bits per heavy atom. The van der Waals surface area contributed by atoms with Crippen molar-refractivity contribution in [2.24, 2.45) is 7.05 Å². The minimum atomic E-state index is -4.74. The van der Waals surface area contributed by atoms with Crippen LogP contribution in [-0.2, 0) is 7.05 Å².